The minimum atomic E-state index is -0.258. The van der Waals surface area contributed by atoms with Crippen LogP contribution in [-0.4, -0.2) is 39.7 Å². The molecule has 2 aromatic carbocycles. The van der Waals surface area contributed by atoms with E-state index < -0.39 is 0 Å². The second-order valence-electron chi connectivity index (χ2n) is 8.91. The number of nitrogen functional groups attached to an aromatic ring is 1. The first-order valence-electron chi connectivity index (χ1n) is 12.0. The van der Waals surface area contributed by atoms with Gasteiger partial charge in [-0.2, -0.15) is 0 Å². The number of hydrogen-bond donors (Lipinski definition) is 2. The largest absolute Gasteiger partial charge is 0.384 e. The van der Waals surface area contributed by atoms with Crippen LogP contribution in [0.2, 0.25) is 0 Å². The smallest absolute Gasteiger partial charge is 0.257 e. The predicted molar refractivity (Wildman–Crippen MR) is 138 cm³/mol. The van der Waals surface area contributed by atoms with Gasteiger partial charge in [-0.15, -0.1) is 0 Å². The average Bonchev–Trinajstić information content (AvgIpc) is 3.12. The Morgan fingerprint density at radius 1 is 1.06 bits per heavy atom. The highest BCUT2D eigenvalue weighted by atomic mass is 16.5. The van der Waals surface area contributed by atoms with E-state index in [9.17, 15) is 4.79 Å². The van der Waals surface area contributed by atoms with E-state index in [1.807, 2.05) is 54.8 Å². The van der Waals surface area contributed by atoms with Gasteiger partial charge in [-0.3, -0.25) is 9.36 Å². The summed E-state index contributed by atoms with van der Waals surface area (Å²) in [5.41, 5.74) is 11.6. The Morgan fingerprint density at radius 2 is 1.74 bits per heavy atom. The highest BCUT2D eigenvalue weighted by molar-refractivity contribution is 6.11. The van der Waals surface area contributed by atoms with Crippen molar-refractivity contribution in [3.8, 4) is 5.69 Å². The van der Waals surface area contributed by atoms with Crippen LogP contribution in [-0.2, 0) is 4.74 Å². The summed E-state index contributed by atoms with van der Waals surface area (Å²) in [6, 6.07) is 15.9. The normalized spacial score (nSPS) is 12.5. The molecule has 0 spiro atoms. The highest BCUT2D eigenvalue weighted by Crippen LogP contribution is 2.31. The molecular weight excluding hydrogens is 426 g/mol. The number of anilines is 1. The summed E-state index contributed by atoms with van der Waals surface area (Å²) >= 11 is 0. The Balaban J connectivity index is 1.76. The summed E-state index contributed by atoms with van der Waals surface area (Å²) in [6.45, 7) is 9.45. The van der Waals surface area contributed by atoms with Crippen molar-refractivity contribution in [2.75, 3.05) is 18.9 Å². The van der Waals surface area contributed by atoms with Crippen molar-refractivity contribution in [3.05, 3.63) is 59.7 Å². The molecule has 7 nitrogen and oxygen atoms in total. The highest BCUT2D eigenvalue weighted by Gasteiger charge is 2.24. The summed E-state index contributed by atoms with van der Waals surface area (Å²) in [4.78, 5) is 22.9. The van der Waals surface area contributed by atoms with E-state index in [-0.39, 0.29) is 12.0 Å². The number of nitrogens with zero attached hydrogens (tertiary/aromatic N) is 3. The van der Waals surface area contributed by atoms with Gasteiger partial charge in [0.25, 0.3) is 5.91 Å². The van der Waals surface area contributed by atoms with Gasteiger partial charge in [0.15, 0.2) is 5.65 Å². The molecular formula is C27H33N5O2. The van der Waals surface area contributed by atoms with Crippen molar-refractivity contribution in [1.29, 1.82) is 0 Å². The summed E-state index contributed by atoms with van der Waals surface area (Å²) in [6.07, 6.45) is 1.95. The number of para-hydroxylation sites is 2. The summed E-state index contributed by atoms with van der Waals surface area (Å²) in [7, 11) is 0. The van der Waals surface area contributed by atoms with E-state index in [4.69, 9.17) is 20.4 Å². The average molecular weight is 460 g/mol. The lowest BCUT2D eigenvalue weighted by Crippen LogP contribution is -2.26. The third-order valence-corrected chi connectivity index (χ3v) is 6.12. The zero-order valence-electron chi connectivity index (χ0n) is 20.3. The molecule has 1 amide bonds. The van der Waals surface area contributed by atoms with E-state index in [2.05, 4.69) is 31.3 Å². The van der Waals surface area contributed by atoms with Crippen LogP contribution in [0.3, 0.4) is 0 Å². The Hall–Kier alpha value is -3.45. The maximum absolute atomic E-state index is 13.2. The molecule has 0 bridgehead atoms. The first kappa shape index (κ1) is 23.7. The fourth-order valence-corrected chi connectivity index (χ4v) is 4.02. The van der Waals surface area contributed by atoms with Crippen LogP contribution in [0.25, 0.3) is 27.9 Å². The maximum atomic E-state index is 13.2. The molecule has 0 aliphatic carbocycles. The molecule has 1 atom stereocenters. The Morgan fingerprint density at radius 3 is 2.38 bits per heavy atom. The molecule has 0 saturated heterocycles. The van der Waals surface area contributed by atoms with Gasteiger partial charge in [-0.1, -0.05) is 38.1 Å². The van der Waals surface area contributed by atoms with E-state index in [0.717, 1.165) is 23.1 Å². The lowest BCUT2D eigenvalue weighted by atomic mass is 9.99. The van der Waals surface area contributed by atoms with Crippen molar-refractivity contribution < 1.29 is 9.53 Å². The number of fused-ring (bicyclic) bond motifs is 2. The number of amides is 1. The van der Waals surface area contributed by atoms with Gasteiger partial charge in [0.2, 0.25) is 0 Å². The van der Waals surface area contributed by atoms with Gasteiger partial charge < -0.3 is 15.8 Å². The van der Waals surface area contributed by atoms with Crippen LogP contribution >= 0.6 is 0 Å². The number of ether oxygens (including phenoxy) is 1. The molecule has 2 heterocycles. The molecule has 34 heavy (non-hydrogen) atoms. The van der Waals surface area contributed by atoms with Crippen LogP contribution in [0.1, 0.15) is 62.4 Å². The quantitative estimate of drug-likeness (QED) is 0.335. The van der Waals surface area contributed by atoms with Gasteiger partial charge in [0.05, 0.1) is 17.1 Å². The Bertz CT molecular complexity index is 1290. The molecule has 3 N–H and O–H groups in total. The third-order valence-electron chi connectivity index (χ3n) is 6.12. The van der Waals surface area contributed by atoms with Gasteiger partial charge in [-0.25, -0.2) is 9.97 Å². The molecule has 2 aromatic heterocycles. The molecule has 4 aromatic rings. The first-order valence-corrected chi connectivity index (χ1v) is 12.0. The lowest BCUT2D eigenvalue weighted by molar-refractivity contribution is 0.0757. The maximum Gasteiger partial charge on any atom is 0.257 e. The summed E-state index contributed by atoms with van der Waals surface area (Å²) in [5.74, 6) is 0.543. The van der Waals surface area contributed by atoms with Gasteiger partial charge in [0.1, 0.15) is 16.9 Å². The SMILES string of the molecule is CCC(C)c1ccc(-n2c(N)c(C(=O)NCCCOC(C)C)c3nc4ccccc4nc32)cc1. The van der Waals surface area contributed by atoms with Crippen molar-refractivity contribution in [2.24, 2.45) is 0 Å². The minimum Gasteiger partial charge on any atom is -0.384 e. The van der Waals surface area contributed by atoms with Crippen LogP contribution < -0.4 is 11.1 Å². The fraction of sp³-hybridized carbons (Fsp3) is 0.370. The molecule has 0 radical (unpaired) electrons. The lowest BCUT2D eigenvalue weighted by Gasteiger charge is -2.12. The molecule has 1 unspecified atom stereocenters. The van der Waals surface area contributed by atoms with Crippen molar-refractivity contribution in [1.82, 2.24) is 19.9 Å². The number of hydrogen-bond acceptors (Lipinski definition) is 5. The molecule has 0 saturated carbocycles. The number of carbonyl (C=O) groups excluding carboxylic acids is 1. The second-order valence-corrected chi connectivity index (χ2v) is 8.91. The van der Waals surface area contributed by atoms with Crippen molar-refractivity contribution in [3.63, 3.8) is 0 Å². The third kappa shape index (κ3) is 4.75. The number of nitrogens with one attached hydrogen (secondary N) is 1. The molecule has 4 rings (SSSR count). The van der Waals surface area contributed by atoms with E-state index in [1.165, 1.54) is 5.56 Å². The van der Waals surface area contributed by atoms with Crippen molar-refractivity contribution >= 4 is 33.9 Å². The Labute approximate surface area is 200 Å². The standard InChI is InChI=1S/C27H33N5O2/c1-5-18(4)19-11-13-20(14-12-19)32-25(28)23(27(33)29-15-8-16-34-17(2)3)24-26(32)31-22-10-7-6-9-21(22)30-24/h6-7,9-14,17-18H,5,8,15-16,28H2,1-4H3,(H,29,33). The number of rotatable bonds is 9. The van der Waals surface area contributed by atoms with Crippen LogP contribution in [0.5, 0.6) is 0 Å². The van der Waals surface area contributed by atoms with Gasteiger partial charge in [0, 0.05) is 18.8 Å². The van der Waals surface area contributed by atoms with Crippen LogP contribution in [0, 0.1) is 0 Å². The fourth-order valence-electron chi connectivity index (χ4n) is 4.02. The molecule has 0 fully saturated rings. The molecule has 0 aliphatic heterocycles. The monoisotopic (exact) mass is 459 g/mol. The molecule has 178 valence electrons. The summed E-state index contributed by atoms with van der Waals surface area (Å²) < 4.78 is 7.39. The van der Waals surface area contributed by atoms with E-state index >= 15 is 0 Å². The number of aromatic nitrogens is 3. The molecule has 0 aliphatic rings. The number of nitrogens with two attached hydrogens (primary N) is 1. The first-order chi connectivity index (χ1) is 16.4. The molecule has 7 heteroatoms. The van der Waals surface area contributed by atoms with Gasteiger partial charge >= 0.3 is 0 Å². The number of benzene rings is 2. The number of carbonyl (C=O) groups is 1. The zero-order chi connectivity index (χ0) is 24.2. The summed E-state index contributed by atoms with van der Waals surface area (Å²) in [5, 5.41) is 2.97. The van der Waals surface area contributed by atoms with Crippen LogP contribution in [0.4, 0.5) is 5.82 Å². The second kappa shape index (κ2) is 10.2. The zero-order valence-corrected chi connectivity index (χ0v) is 20.3. The minimum absolute atomic E-state index is 0.166. The van der Waals surface area contributed by atoms with E-state index in [0.29, 0.717) is 48.0 Å². The van der Waals surface area contributed by atoms with Gasteiger partial charge in [-0.05, 0) is 62.4 Å². The van der Waals surface area contributed by atoms with Crippen LogP contribution in [0.15, 0.2) is 48.5 Å². The van der Waals surface area contributed by atoms with Crippen molar-refractivity contribution in [2.45, 2.75) is 52.6 Å². The topological polar surface area (TPSA) is 95.1 Å². The van der Waals surface area contributed by atoms with E-state index in [1.54, 1.807) is 0 Å². The predicted octanol–water partition coefficient (Wildman–Crippen LogP) is 5.21. The Kier molecular flexibility index (Phi) is 7.12.